The molecule has 0 aliphatic heterocycles. The van der Waals surface area contributed by atoms with Crippen LogP contribution in [-0.4, -0.2) is 14.6 Å². The summed E-state index contributed by atoms with van der Waals surface area (Å²) in [6.45, 7) is 0. The standard InChI is InChI=1S/C15H7ClN4OS/c16-10-5-3-9(4-6-10)13-11(8-17)20-15(18-13)22-14(19-20)12-2-1-7-21-12/h1-7H. The van der Waals surface area contributed by atoms with Gasteiger partial charge in [-0.2, -0.15) is 9.78 Å². The van der Waals surface area contributed by atoms with Crippen molar-refractivity contribution in [2.45, 2.75) is 0 Å². The molecule has 0 unspecified atom stereocenters. The molecule has 3 aromatic heterocycles. The Morgan fingerprint density at radius 2 is 2.05 bits per heavy atom. The fraction of sp³-hybridized carbons (Fsp3) is 0. The molecule has 0 amide bonds. The summed E-state index contributed by atoms with van der Waals surface area (Å²) in [5.41, 5.74) is 1.83. The van der Waals surface area contributed by atoms with Crippen molar-refractivity contribution >= 4 is 27.9 Å². The highest BCUT2D eigenvalue weighted by Gasteiger charge is 2.19. The van der Waals surface area contributed by atoms with Crippen LogP contribution in [0.3, 0.4) is 0 Å². The fourth-order valence-corrected chi connectivity index (χ4v) is 3.15. The number of aromatic nitrogens is 3. The van der Waals surface area contributed by atoms with E-state index in [0.29, 0.717) is 32.1 Å². The first kappa shape index (κ1) is 13.1. The van der Waals surface area contributed by atoms with E-state index >= 15 is 0 Å². The SMILES string of the molecule is N#Cc1c(-c2ccc(Cl)cc2)nc2sc(-c3ccco3)nn12. The zero-order valence-corrected chi connectivity index (χ0v) is 12.6. The normalized spacial score (nSPS) is 10.9. The number of halogens is 1. The van der Waals surface area contributed by atoms with E-state index in [1.165, 1.54) is 11.3 Å². The van der Waals surface area contributed by atoms with Crippen LogP contribution in [-0.2, 0) is 0 Å². The number of hydrogen-bond donors (Lipinski definition) is 0. The summed E-state index contributed by atoms with van der Waals surface area (Å²) in [5, 5.41) is 15.2. The molecular weight excluding hydrogens is 320 g/mol. The van der Waals surface area contributed by atoms with E-state index in [-0.39, 0.29) is 0 Å². The van der Waals surface area contributed by atoms with E-state index in [2.05, 4.69) is 16.2 Å². The molecular formula is C15H7ClN4OS. The second-order valence-electron chi connectivity index (χ2n) is 4.51. The van der Waals surface area contributed by atoms with Crippen molar-refractivity contribution in [1.82, 2.24) is 14.6 Å². The molecule has 7 heteroatoms. The van der Waals surface area contributed by atoms with E-state index in [1.54, 1.807) is 29.0 Å². The fourth-order valence-electron chi connectivity index (χ4n) is 2.16. The number of nitrogens with zero attached hydrogens (tertiary/aromatic N) is 4. The number of furan rings is 1. The Labute approximate surface area is 134 Å². The van der Waals surface area contributed by atoms with Gasteiger partial charge in [0.25, 0.3) is 0 Å². The number of hydrogen-bond acceptors (Lipinski definition) is 5. The first-order valence-corrected chi connectivity index (χ1v) is 7.55. The van der Waals surface area contributed by atoms with Crippen molar-refractivity contribution < 1.29 is 4.42 Å². The first-order chi connectivity index (χ1) is 10.8. The Morgan fingerprint density at radius 1 is 1.23 bits per heavy atom. The molecule has 0 saturated carbocycles. The summed E-state index contributed by atoms with van der Waals surface area (Å²) in [7, 11) is 0. The molecule has 1 aromatic carbocycles. The van der Waals surface area contributed by atoms with Gasteiger partial charge in [0.2, 0.25) is 4.96 Å². The topological polar surface area (TPSA) is 67.1 Å². The number of fused-ring (bicyclic) bond motifs is 1. The van der Waals surface area contributed by atoms with Crippen molar-refractivity contribution in [2.75, 3.05) is 0 Å². The summed E-state index contributed by atoms with van der Waals surface area (Å²) < 4.78 is 6.88. The Bertz CT molecular complexity index is 993. The molecule has 3 heterocycles. The molecule has 0 radical (unpaired) electrons. The zero-order valence-electron chi connectivity index (χ0n) is 11.0. The Balaban J connectivity index is 1.89. The van der Waals surface area contributed by atoms with Gasteiger partial charge in [-0.15, -0.1) is 5.10 Å². The minimum atomic E-state index is 0.395. The molecule has 0 bridgehead atoms. The second kappa shape index (κ2) is 4.98. The van der Waals surface area contributed by atoms with Gasteiger partial charge in [0.1, 0.15) is 11.8 Å². The molecule has 22 heavy (non-hydrogen) atoms. The Kier molecular flexibility index (Phi) is 2.96. The van der Waals surface area contributed by atoms with E-state index < -0.39 is 0 Å². The summed E-state index contributed by atoms with van der Waals surface area (Å²) in [6.07, 6.45) is 1.59. The molecule has 0 N–H and O–H groups in total. The molecule has 0 atom stereocenters. The minimum absolute atomic E-state index is 0.395. The van der Waals surface area contributed by atoms with E-state index in [9.17, 15) is 5.26 Å². The molecule has 0 fully saturated rings. The lowest BCUT2D eigenvalue weighted by molar-refractivity contribution is 0.580. The third-order valence-electron chi connectivity index (χ3n) is 3.16. The molecule has 0 aliphatic rings. The van der Waals surface area contributed by atoms with Crippen LogP contribution in [0.5, 0.6) is 0 Å². The average Bonchev–Trinajstić information content (AvgIpc) is 3.22. The van der Waals surface area contributed by atoms with E-state index in [0.717, 1.165) is 5.56 Å². The monoisotopic (exact) mass is 326 g/mol. The van der Waals surface area contributed by atoms with Crippen LogP contribution in [0.15, 0.2) is 47.1 Å². The van der Waals surface area contributed by atoms with Gasteiger partial charge in [-0.05, 0) is 24.3 Å². The lowest BCUT2D eigenvalue weighted by Crippen LogP contribution is -1.90. The van der Waals surface area contributed by atoms with Gasteiger partial charge in [0, 0.05) is 10.6 Å². The zero-order chi connectivity index (χ0) is 15.1. The maximum absolute atomic E-state index is 9.47. The molecule has 4 aromatic rings. The van der Waals surface area contributed by atoms with Crippen molar-refractivity contribution in [2.24, 2.45) is 0 Å². The van der Waals surface area contributed by atoms with Crippen LogP contribution in [0.4, 0.5) is 0 Å². The molecule has 0 aliphatic carbocycles. The predicted octanol–water partition coefficient (Wildman–Crippen LogP) is 4.24. The molecule has 0 spiro atoms. The Morgan fingerprint density at radius 3 is 2.73 bits per heavy atom. The van der Waals surface area contributed by atoms with Crippen molar-refractivity contribution in [3.63, 3.8) is 0 Å². The van der Waals surface area contributed by atoms with Gasteiger partial charge in [0.15, 0.2) is 16.5 Å². The Hall–Kier alpha value is -2.62. The van der Waals surface area contributed by atoms with Gasteiger partial charge in [0.05, 0.1) is 6.26 Å². The van der Waals surface area contributed by atoms with Gasteiger partial charge in [-0.1, -0.05) is 35.1 Å². The first-order valence-electron chi connectivity index (χ1n) is 6.36. The molecule has 4 rings (SSSR count). The number of benzene rings is 1. The molecule has 106 valence electrons. The summed E-state index contributed by atoms with van der Waals surface area (Å²) in [4.78, 5) is 5.17. The highest BCUT2D eigenvalue weighted by atomic mass is 35.5. The number of rotatable bonds is 2. The minimum Gasteiger partial charge on any atom is -0.462 e. The van der Waals surface area contributed by atoms with Crippen LogP contribution in [0, 0.1) is 11.3 Å². The van der Waals surface area contributed by atoms with Crippen LogP contribution >= 0.6 is 22.9 Å². The van der Waals surface area contributed by atoms with Gasteiger partial charge < -0.3 is 4.42 Å². The van der Waals surface area contributed by atoms with Gasteiger partial charge in [-0.25, -0.2) is 4.98 Å². The van der Waals surface area contributed by atoms with E-state index in [1.807, 2.05) is 18.2 Å². The smallest absolute Gasteiger partial charge is 0.214 e. The maximum atomic E-state index is 9.47. The third-order valence-corrected chi connectivity index (χ3v) is 4.33. The van der Waals surface area contributed by atoms with Crippen LogP contribution in [0.1, 0.15) is 5.69 Å². The van der Waals surface area contributed by atoms with Crippen molar-refractivity contribution in [1.29, 1.82) is 5.26 Å². The number of imidazole rings is 1. The van der Waals surface area contributed by atoms with Crippen molar-refractivity contribution in [3.8, 4) is 28.1 Å². The lowest BCUT2D eigenvalue weighted by atomic mass is 10.1. The van der Waals surface area contributed by atoms with E-state index in [4.69, 9.17) is 16.0 Å². The van der Waals surface area contributed by atoms with Gasteiger partial charge >= 0.3 is 0 Å². The molecule has 0 saturated heterocycles. The number of nitriles is 1. The quantitative estimate of drug-likeness (QED) is 0.552. The van der Waals surface area contributed by atoms with Crippen LogP contribution < -0.4 is 0 Å². The highest BCUT2D eigenvalue weighted by Crippen LogP contribution is 2.31. The summed E-state index contributed by atoms with van der Waals surface area (Å²) >= 11 is 7.27. The van der Waals surface area contributed by atoms with Crippen LogP contribution in [0.2, 0.25) is 5.02 Å². The average molecular weight is 327 g/mol. The lowest BCUT2D eigenvalue weighted by Gasteiger charge is -1.97. The highest BCUT2D eigenvalue weighted by molar-refractivity contribution is 7.19. The van der Waals surface area contributed by atoms with Crippen LogP contribution in [0.25, 0.3) is 27.0 Å². The predicted molar refractivity (Wildman–Crippen MR) is 83.7 cm³/mol. The van der Waals surface area contributed by atoms with Gasteiger partial charge in [-0.3, -0.25) is 0 Å². The third kappa shape index (κ3) is 1.99. The summed E-state index contributed by atoms with van der Waals surface area (Å²) in [5.74, 6) is 0.660. The van der Waals surface area contributed by atoms with Crippen molar-refractivity contribution in [3.05, 3.63) is 53.4 Å². The maximum Gasteiger partial charge on any atom is 0.214 e. The molecule has 5 nitrogen and oxygen atoms in total. The second-order valence-corrected chi connectivity index (χ2v) is 5.90. The largest absolute Gasteiger partial charge is 0.462 e. The summed E-state index contributed by atoms with van der Waals surface area (Å²) in [6, 6.07) is 13.0.